The molecule has 0 spiro atoms. The van der Waals surface area contributed by atoms with Crippen molar-refractivity contribution in [1.29, 1.82) is 0 Å². The maximum Gasteiger partial charge on any atom is 0.238 e. The number of benzene rings is 1. The van der Waals surface area contributed by atoms with Gasteiger partial charge in [-0.25, -0.2) is 0 Å². The Labute approximate surface area is 131 Å². The Morgan fingerprint density at radius 1 is 1.30 bits per heavy atom. The summed E-state index contributed by atoms with van der Waals surface area (Å²) >= 11 is 5.94. The minimum atomic E-state index is 0. The van der Waals surface area contributed by atoms with Gasteiger partial charge in [-0.05, 0) is 31.7 Å². The Morgan fingerprint density at radius 3 is 2.60 bits per heavy atom. The van der Waals surface area contributed by atoms with Gasteiger partial charge in [-0.2, -0.15) is 0 Å². The first-order valence-corrected chi connectivity index (χ1v) is 6.89. The van der Waals surface area contributed by atoms with Gasteiger partial charge in [-0.3, -0.25) is 9.69 Å². The third kappa shape index (κ3) is 4.94. The second-order valence-corrected chi connectivity index (χ2v) is 5.52. The number of rotatable bonds is 3. The Morgan fingerprint density at radius 2 is 1.95 bits per heavy atom. The molecule has 0 bridgehead atoms. The number of nitrogens with one attached hydrogen (secondary N) is 1. The van der Waals surface area contributed by atoms with Gasteiger partial charge in [0, 0.05) is 36.9 Å². The van der Waals surface area contributed by atoms with Gasteiger partial charge in [0.05, 0.1) is 6.54 Å². The molecule has 6 heteroatoms. The van der Waals surface area contributed by atoms with Gasteiger partial charge in [0.2, 0.25) is 5.91 Å². The zero-order valence-corrected chi connectivity index (χ0v) is 13.4. The van der Waals surface area contributed by atoms with Gasteiger partial charge in [0.25, 0.3) is 0 Å². The summed E-state index contributed by atoms with van der Waals surface area (Å²) in [6, 6.07) is 5.53. The van der Waals surface area contributed by atoms with Crippen LogP contribution in [0.5, 0.6) is 0 Å². The second kappa shape index (κ2) is 7.84. The van der Waals surface area contributed by atoms with Crippen molar-refractivity contribution in [2.45, 2.75) is 6.92 Å². The first-order chi connectivity index (χ1) is 9.04. The largest absolute Gasteiger partial charge is 0.325 e. The molecule has 1 fully saturated rings. The molecule has 20 heavy (non-hydrogen) atoms. The quantitative estimate of drug-likeness (QED) is 0.928. The molecule has 0 atom stereocenters. The maximum absolute atomic E-state index is 12.0. The van der Waals surface area contributed by atoms with Crippen LogP contribution in [0.25, 0.3) is 0 Å². The molecule has 1 heterocycles. The highest BCUT2D eigenvalue weighted by Crippen LogP contribution is 2.20. The van der Waals surface area contributed by atoms with Crippen molar-refractivity contribution < 1.29 is 4.79 Å². The van der Waals surface area contributed by atoms with E-state index in [9.17, 15) is 4.79 Å². The van der Waals surface area contributed by atoms with E-state index in [1.54, 1.807) is 6.07 Å². The highest BCUT2D eigenvalue weighted by Gasteiger charge is 2.16. The summed E-state index contributed by atoms with van der Waals surface area (Å²) in [5.74, 6) is 0.0231. The predicted molar refractivity (Wildman–Crippen MR) is 86.0 cm³/mol. The lowest BCUT2D eigenvalue weighted by atomic mass is 10.2. The molecule has 1 amide bonds. The lowest BCUT2D eigenvalue weighted by molar-refractivity contribution is -0.117. The zero-order chi connectivity index (χ0) is 13.8. The monoisotopic (exact) mass is 317 g/mol. The van der Waals surface area contributed by atoms with Gasteiger partial charge in [-0.1, -0.05) is 17.7 Å². The third-order valence-corrected chi connectivity index (χ3v) is 3.67. The fourth-order valence-corrected chi connectivity index (χ4v) is 2.30. The van der Waals surface area contributed by atoms with Crippen LogP contribution in [-0.4, -0.2) is 55.5 Å². The van der Waals surface area contributed by atoms with Crippen molar-refractivity contribution in [3.05, 3.63) is 28.8 Å². The number of likely N-dealkylation sites (N-methyl/N-ethyl adjacent to an activating group) is 1. The Hall–Kier alpha value is -0.810. The Bertz CT molecular complexity index is 460. The van der Waals surface area contributed by atoms with Crippen LogP contribution in [0, 0.1) is 6.92 Å². The first kappa shape index (κ1) is 17.2. The number of hydrogen-bond donors (Lipinski definition) is 1. The van der Waals surface area contributed by atoms with Gasteiger partial charge in [-0.15, -0.1) is 12.4 Å². The molecule has 1 aromatic rings. The highest BCUT2D eigenvalue weighted by molar-refractivity contribution is 6.31. The van der Waals surface area contributed by atoms with E-state index in [0.29, 0.717) is 11.6 Å². The molecule has 0 unspecified atom stereocenters. The summed E-state index contributed by atoms with van der Waals surface area (Å²) in [5.41, 5.74) is 1.82. The zero-order valence-electron chi connectivity index (χ0n) is 11.9. The molecule has 1 saturated heterocycles. The van der Waals surface area contributed by atoms with E-state index >= 15 is 0 Å². The average molecular weight is 318 g/mol. The van der Waals surface area contributed by atoms with Gasteiger partial charge >= 0.3 is 0 Å². The number of carbonyl (C=O) groups excluding carboxylic acids is 1. The van der Waals surface area contributed by atoms with Crippen molar-refractivity contribution in [1.82, 2.24) is 9.80 Å². The first-order valence-electron chi connectivity index (χ1n) is 6.51. The van der Waals surface area contributed by atoms with Crippen LogP contribution in [0.15, 0.2) is 18.2 Å². The molecule has 0 aliphatic carbocycles. The third-order valence-electron chi connectivity index (χ3n) is 3.44. The van der Waals surface area contributed by atoms with Gasteiger partial charge in [0.1, 0.15) is 0 Å². The molecule has 1 N–H and O–H groups in total. The molecule has 112 valence electrons. The number of amides is 1. The van der Waals surface area contributed by atoms with Crippen molar-refractivity contribution in [2.24, 2.45) is 0 Å². The molecule has 2 rings (SSSR count). The second-order valence-electron chi connectivity index (χ2n) is 5.09. The van der Waals surface area contributed by atoms with Crippen LogP contribution in [0.2, 0.25) is 5.02 Å². The summed E-state index contributed by atoms with van der Waals surface area (Å²) in [5, 5.41) is 3.57. The number of piperazine rings is 1. The standard InChI is InChI=1S/C14H20ClN3O.ClH/c1-11-3-4-12(15)9-13(11)16-14(19)10-18-7-5-17(2)6-8-18;/h3-4,9H,5-8,10H2,1-2H3,(H,16,19);1H. The summed E-state index contributed by atoms with van der Waals surface area (Å²) in [7, 11) is 2.10. The summed E-state index contributed by atoms with van der Waals surface area (Å²) < 4.78 is 0. The minimum Gasteiger partial charge on any atom is -0.325 e. The fraction of sp³-hybridized carbons (Fsp3) is 0.500. The molecule has 0 aromatic heterocycles. The number of anilines is 1. The topological polar surface area (TPSA) is 35.6 Å². The summed E-state index contributed by atoms with van der Waals surface area (Å²) in [4.78, 5) is 16.5. The summed E-state index contributed by atoms with van der Waals surface area (Å²) in [6.07, 6.45) is 0. The van der Waals surface area contributed by atoms with Crippen molar-refractivity contribution >= 4 is 35.6 Å². The van der Waals surface area contributed by atoms with E-state index in [1.807, 2.05) is 19.1 Å². The number of aryl methyl sites for hydroxylation is 1. The Balaban J connectivity index is 0.00000200. The molecule has 0 saturated carbocycles. The lowest BCUT2D eigenvalue weighted by Gasteiger charge is -2.31. The molecule has 4 nitrogen and oxygen atoms in total. The van der Waals surface area contributed by atoms with Gasteiger partial charge < -0.3 is 10.2 Å². The van der Waals surface area contributed by atoms with Crippen LogP contribution in [-0.2, 0) is 4.79 Å². The van der Waals surface area contributed by atoms with Crippen molar-refractivity contribution in [2.75, 3.05) is 45.1 Å². The SMILES string of the molecule is Cc1ccc(Cl)cc1NC(=O)CN1CCN(C)CC1.Cl. The van der Waals surface area contributed by atoms with E-state index in [4.69, 9.17) is 11.6 Å². The molecular formula is C14H21Cl2N3O. The predicted octanol–water partition coefficient (Wildman–Crippen LogP) is 2.26. The maximum atomic E-state index is 12.0. The molecule has 0 radical (unpaired) electrons. The molecule has 1 aromatic carbocycles. The van der Waals surface area contributed by atoms with Gasteiger partial charge in [0.15, 0.2) is 0 Å². The molecular weight excluding hydrogens is 297 g/mol. The molecule has 1 aliphatic rings. The van der Waals surface area contributed by atoms with E-state index in [2.05, 4.69) is 22.2 Å². The number of halogens is 2. The van der Waals surface area contributed by atoms with Crippen molar-refractivity contribution in [3.63, 3.8) is 0 Å². The highest BCUT2D eigenvalue weighted by atomic mass is 35.5. The van der Waals surface area contributed by atoms with Crippen LogP contribution in [0.3, 0.4) is 0 Å². The minimum absolute atomic E-state index is 0. The normalized spacial score (nSPS) is 16.6. The lowest BCUT2D eigenvalue weighted by Crippen LogP contribution is -2.47. The smallest absolute Gasteiger partial charge is 0.238 e. The van der Waals surface area contributed by atoms with E-state index < -0.39 is 0 Å². The number of carbonyl (C=O) groups is 1. The van der Waals surface area contributed by atoms with Crippen molar-refractivity contribution in [3.8, 4) is 0 Å². The van der Waals surface area contributed by atoms with Crippen LogP contribution < -0.4 is 5.32 Å². The Kier molecular flexibility index (Phi) is 6.76. The van der Waals surface area contributed by atoms with E-state index in [-0.39, 0.29) is 18.3 Å². The van der Waals surface area contributed by atoms with Crippen LogP contribution in [0.4, 0.5) is 5.69 Å². The summed E-state index contributed by atoms with van der Waals surface area (Å²) in [6.45, 7) is 6.32. The van der Waals surface area contributed by atoms with Crippen LogP contribution >= 0.6 is 24.0 Å². The van der Waals surface area contributed by atoms with E-state index in [0.717, 1.165) is 37.4 Å². The fourth-order valence-electron chi connectivity index (χ4n) is 2.13. The number of hydrogen-bond acceptors (Lipinski definition) is 3. The van der Waals surface area contributed by atoms with E-state index in [1.165, 1.54) is 0 Å². The number of nitrogens with zero attached hydrogens (tertiary/aromatic N) is 2. The van der Waals surface area contributed by atoms with Crippen LogP contribution in [0.1, 0.15) is 5.56 Å². The average Bonchev–Trinajstić information content (AvgIpc) is 2.37. The molecule has 1 aliphatic heterocycles.